The number of carboxylic acid groups (broad SMARTS) is 1. The Balaban J connectivity index is 4.12. The van der Waals surface area contributed by atoms with Crippen LogP contribution in [0.4, 0.5) is 0 Å². The highest BCUT2D eigenvalue weighted by Crippen LogP contribution is 2.17. The molecule has 0 amide bonds. The number of hydrogen-bond donors (Lipinski definition) is 1. The average Bonchev–Trinajstić information content (AvgIpc) is 2.21. The van der Waals surface area contributed by atoms with E-state index in [-0.39, 0.29) is 18.5 Å². The fourth-order valence-electron chi connectivity index (χ4n) is 1.66. The third-order valence-electron chi connectivity index (χ3n) is 2.51. The first-order valence-electron chi connectivity index (χ1n) is 6.39. The van der Waals surface area contributed by atoms with Crippen molar-refractivity contribution in [1.29, 1.82) is 0 Å². The number of ether oxygens (including phenoxy) is 1. The van der Waals surface area contributed by atoms with Gasteiger partial charge in [-0.3, -0.25) is 9.59 Å². The van der Waals surface area contributed by atoms with Gasteiger partial charge in [0.25, 0.3) is 0 Å². The summed E-state index contributed by atoms with van der Waals surface area (Å²) in [5.41, 5.74) is 0. The molecule has 0 saturated carbocycles. The fourth-order valence-corrected chi connectivity index (χ4v) is 1.66. The maximum Gasteiger partial charge on any atom is 0.309 e. The summed E-state index contributed by atoms with van der Waals surface area (Å²) in [6, 6.07) is 0. The van der Waals surface area contributed by atoms with Crippen LogP contribution in [-0.2, 0) is 14.3 Å². The third-order valence-corrected chi connectivity index (χ3v) is 2.51. The number of carbonyl (C=O) groups excluding carboxylic acids is 1. The highest BCUT2D eigenvalue weighted by atomic mass is 16.5. The van der Waals surface area contributed by atoms with E-state index in [1.807, 2.05) is 0 Å². The van der Waals surface area contributed by atoms with Crippen LogP contribution in [0, 0.1) is 5.92 Å². The first-order chi connectivity index (χ1) is 7.97. The van der Waals surface area contributed by atoms with E-state index in [9.17, 15) is 9.59 Å². The van der Waals surface area contributed by atoms with Crippen LogP contribution < -0.4 is 0 Å². The van der Waals surface area contributed by atoms with E-state index < -0.39 is 11.9 Å². The van der Waals surface area contributed by atoms with Crippen LogP contribution in [0.2, 0.25) is 0 Å². The quantitative estimate of drug-likeness (QED) is 0.500. The molecule has 0 bridgehead atoms. The molecule has 0 spiro atoms. The summed E-state index contributed by atoms with van der Waals surface area (Å²) in [5, 5.41) is 8.76. The van der Waals surface area contributed by atoms with E-state index >= 15 is 0 Å². The lowest BCUT2D eigenvalue weighted by Gasteiger charge is -2.16. The van der Waals surface area contributed by atoms with Gasteiger partial charge in [-0.2, -0.15) is 0 Å². The first kappa shape index (κ1) is 15.9. The molecule has 0 aliphatic rings. The van der Waals surface area contributed by atoms with Crippen LogP contribution in [0.5, 0.6) is 0 Å². The van der Waals surface area contributed by atoms with Crippen molar-refractivity contribution in [2.75, 3.05) is 0 Å². The molecule has 0 heterocycles. The third kappa shape index (κ3) is 8.72. The summed E-state index contributed by atoms with van der Waals surface area (Å²) in [7, 11) is 0. The van der Waals surface area contributed by atoms with Gasteiger partial charge in [0.2, 0.25) is 0 Å². The molecule has 0 aliphatic heterocycles. The molecule has 0 aromatic heterocycles. The number of rotatable bonds is 9. The maximum absolute atomic E-state index is 11.7. The van der Waals surface area contributed by atoms with E-state index in [0.717, 1.165) is 25.7 Å². The van der Waals surface area contributed by atoms with Crippen molar-refractivity contribution in [1.82, 2.24) is 0 Å². The Morgan fingerprint density at radius 3 is 2.29 bits per heavy atom. The minimum absolute atomic E-state index is 0.127. The van der Waals surface area contributed by atoms with Gasteiger partial charge >= 0.3 is 11.9 Å². The molecule has 0 radical (unpaired) electrons. The molecule has 0 saturated heterocycles. The lowest BCUT2D eigenvalue weighted by atomic mass is 9.97. The van der Waals surface area contributed by atoms with Crippen LogP contribution in [-0.4, -0.2) is 23.1 Å². The standard InChI is InChI=1S/C13H24O4/c1-4-5-6-7-8-11(9-12(14)15)13(16)17-10(2)3/h10-11H,4-9H2,1-3H3,(H,14,15). The molecule has 0 rings (SSSR count). The van der Waals surface area contributed by atoms with Gasteiger partial charge in [-0.1, -0.05) is 32.6 Å². The second-order valence-electron chi connectivity index (χ2n) is 4.63. The van der Waals surface area contributed by atoms with E-state index in [2.05, 4.69) is 6.92 Å². The predicted molar refractivity (Wildman–Crippen MR) is 65.7 cm³/mol. The van der Waals surface area contributed by atoms with E-state index in [4.69, 9.17) is 9.84 Å². The van der Waals surface area contributed by atoms with Crippen molar-refractivity contribution in [3.05, 3.63) is 0 Å². The Kier molecular flexibility index (Phi) is 8.46. The Bertz CT molecular complexity index is 236. The first-order valence-corrected chi connectivity index (χ1v) is 6.39. The summed E-state index contributed by atoms with van der Waals surface area (Å²) in [6.45, 7) is 5.65. The molecule has 1 unspecified atom stereocenters. The Morgan fingerprint density at radius 1 is 1.18 bits per heavy atom. The van der Waals surface area contributed by atoms with Gasteiger partial charge in [-0.05, 0) is 20.3 Å². The molecule has 4 heteroatoms. The van der Waals surface area contributed by atoms with Crippen molar-refractivity contribution in [3.63, 3.8) is 0 Å². The summed E-state index contributed by atoms with van der Waals surface area (Å²) in [5.74, 6) is -1.81. The number of carboxylic acids is 1. The van der Waals surface area contributed by atoms with Crippen LogP contribution in [0.3, 0.4) is 0 Å². The van der Waals surface area contributed by atoms with Crippen LogP contribution in [0.1, 0.15) is 59.3 Å². The molecule has 1 N–H and O–H groups in total. The second-order valence-corrected chi connectivity index (χ2v) is 4.63. The van der Waals surface area contributed by atoms with Crippen LogP contribution in [0.15, 0.2) is 0 Å². The molecular weight excluding hydrogens is 220 g/mol. The minimum Gasteiger partial charge on any atom is -0.481 e. The summed E-state index contributed by atoms with van der Waals surface area (Å²) >= 11 is 0. The monoisotopic (exact) mass is 244 g/mol. The van der Waals surface area contributed by atoms with E-state index in [1.54, 1.807) is 13.8 Å². The molecule has 0 aromatic rings. The van der Waals surface area contributed by atoms with Gasteiger partial charge in [0.05, 0.1) is 18.4 Å². The minimum atomic E-state index is -0.939. The van der Waals surface area contributed by atoms with Crippen LogP contribution >= 0.6 is 0 Å². The SMILES string of the molecule is CCCCCCC(CC(=O)O)C(=O)OC(C)C. The predicted octanol–water partition coefficient (Wildman–Crippen LogP) is 3.00. The van der Waals surface area contributed by atoms with Crippen LogP contribution in [0.25, 0.3) is 0 Å². The molecule has 1 atom stereocenters. The largest absolute Gasteiger partial charge is 0.481 e. The summed E-state index contributed by atoms with van der Waals surface area (Å²) in [4.78, 5) is 22.3. The van der Waals surface area contributed by atoms with Gasteiger partial charge in [-0.25, -0.2) is 0 Å². The fraction of sp³-hybridized carbons (Fsp3) is 0.846. The van der Waals surface area contributed by atoms with Crippen molar-refractivity contribution in [3.8, 4) is 0 Å². The number of unbranched alkanes of at least 4 members (excludes halogenated alkanes) is 3. The van der Waals surface area contributed by atoms with Crippen molar-refractivity contribution >= 4 is 11.9 Å². The molecular formula is C13H24O4. The molecule has 0 fully saturated rings. The van der Waals surface area contributed by atoms with Crippen molar-refractivity contribution in [2.45, 2.75) is 65.4 Å². The normalized spacial score (nSPS) is 12.5. The zero-order chi connectivity index (χ0) is 13.3. The lowest BCUT2D eigenvalue weighted by Crippen LogP contribution is -2.23. The van der Waals surface area contributed by atoms with Gasteiger partial charge in [0.1, 0.15) is 0 Å². The molecule has 0 aliphatic carbocycles. The Morgan fingerprint density at radius 2 is 1.82 bits per heavy atom. The highest BCUT2D eigenvalue weighted by molar-refractivity contribution is 5.79. The van der Waals surface area contributed by atoms with E-state index in [0.29, 0.717) is 6.42 Å². The van der Waals surface area contributed by atoms with E-state index in [1.165, 1.54) is 0 Å². The van der Waals surface area contributed by atoms with Gasteiger partial charge < -0.3 is 9.84 Å². The number of aliphatic carboxylic acids is 1. The second kappa shape index (κ2) is 9.02. The molecule has 17 heavy (non-hydrogen) atoms. The topological polar surface area (TPSA) is 63.6 Å². The zero-order valence-electron chi connectivity index (χ0n) is 11.1. The average molecular weight is 244 g/mol. The number of esters is 1. The molecule has 100 valence electrons. The number of hydrogen-bond acceptors (Lipinski definition) is 3. The molecule has 0 aromatic carbocycles. The van der Waals surface area contributed by atoms with Gasteiger partial charge in [0.15, 0.2) is 0 Å². The van der Waals surface area contributed by atoms with Gasteiger partial charge in [0, 0.05) is 0 Å². The lowest BCUT2D eigenvalue weighted by molar-refractivity contribution is -0.156. The summed E-state index contributed by atoms with van der Waals surface area (Å²) < 4.78 is 5.07. The molecule has 4 nitrogen and oxygen atoms in total. The maximum atomic E-state index is 11.7. The zero-order valence-corrected chi connectivity index (χ0v) is 11.1. The van der Waals surface area contributed by atoms with Crippen molar-refractivity contribution in [2.24, 2.45) is 5.92 Å². The van der Waals surface area contributed by atoms with Gasteiger partial charge in [-0.15, -0.1) is 0 Å². The number of carbonyl (C=O) groups is 2. The van der Waals surface area contributed by atoms with Crippen molar-refractivity contribution < 1.29 is 19.4 Å². The summed E-state index contributed by atoms with van der Waals surface area (Å²) in [6.07, 6.45) is 4.48. The highest BCUT2D eigenvalue weighted by Gasteiger charge is 2.23. The Hall–Kier alpha value is -1.06. The smallest absolute Gasteiger partial charge is 0.309 e. The Labute approximate surface area is 103 Å².